The number of rotatable bonds is 7. The van der Waals surface area contributed by atoms with Crippen molar-refractivity contribution >= 4 is 17.6 Å². The molecule has 5 nitrogen and oxygen atoms in total. The minimum absolute atomic E-state index is 0.138. The van der Waals surface area contributed by atoms with Crippen LogP contribution >= 0.6 is 0 Å². The summed E-state index contributed by atoms with van der Waals surface area (Å²) in [7, 11) is 0. The summed E-state index contributed by atoms with van der Waals surface area (Å²) in [5.74, 6) is -1.38. The monoisotopic (exact) mass is 326 g/mol. The lowest BCUT2D eigenvalue weighted by Gasteiger charge is -2.20. The predicted octanol–water partition coefficient (Wildman–Crippen LogP) is 3.13. The number of hydrogen-bond donors (Lipinski definition) is 3. The number of nitrogens with one attached hydrogen (secondary N) is 2. The van der Waals surface area contributed by atoms with Gasteiger partial charge in [0.05, 0.1) is 6.42 Å². The topological polar surface area (TPSA) is 78.4 Å². The van der Waals surface area contributed by atoms with Gasteiger partial charge in [-0.15, -0.1) is 0 Å². The first-order valence-electron chi connectivity index (χ1n) is 7.86. The Morgan fingerprint density at radius 2 is 1.79 bits per heavy atom. The van der Waals surface area contributed by atoms with Crippen molar-refractivity contribution in [3.8, 4) is 0 Å². The normalized spacial score (nSPS) is 13.1. The van der Waals surface area contributed by atoms with E-state index in [-0.39, 0.29) is 18.4 Å². The van der Waals surface area contributed by atoms with Gasteiger partial charge in [0.15, 0.2) is 0 Å². The van der Waals surface area contributed by atoms with Gasteiger partial charge in [-0.1, -0.05) is 42.5 Å². The Labute approximate surface area is 141 Å². The van der Waals surface area contributed by atoms with Crippen molar-refractivity contribution in [3.63, 3.8) is 0 Å². The maximum atomic E-state index is 12.1. The van der Waals surface area contributed by atoms with Crippen molar-refractivity contribution in [1.29, 1.82) is 0 Å². The molecule has 3 N–H and O–H groups in total. The molecule has 0 aromatic heterocycles. The zero-order valence-corrected chi connectivity index (χ0v) is 13.8. The molecule has 1 amide bonds. The van der Waals surface area contributed by atoms with Crippen LogP contribution in [0.25, 0.3) is 0 Å². The largest absolute Gasteiger partial charge is 0.480 e. The van der Waals surface area contributed by atoms with Crippen molar-refractivity contribution in [2.75, 3.05) is 5.32 Å². The second kappa shape index (κ2) is 8.26. The molecule has 24 heavy (non-hydrogen) atoms. The number of amides is 1. The van der Waals surface area contributed by atoms with E-state index in [1.165, 1.54) is 0 Å². The third kappa shape index (κ3) is 5.21. The second-order valence-corrected chi connectivity index (χ2v) is 5.81. The van der Waals surface area contributed by atoms with Crippen molar-refractivity contribution < 1.29 is 14.7 Å². The number of anilines is 1. The summed E-state index contributed by atoms with van der Waals surface area (Å²) in [6.45, 7) is 3.81. The molecule has 2 aromatic carbocycles. The van der Waals surface area contributed by atoms with E-state index in [1.54, 1.807) is 6.07 Å². The van der Waals surface area contributed by atoms with Gasteiger partial charge in [-0.05, 0) is 37.1 Å². The Morgan fingerprint density at radius 1 is 1.08 bits per heavy atom. The highest BCUT2D eigenvalue weighted by molar-refractivity contribution is 5.94. The van der Waals surface area contributed by atoms with Crippen molar-refractivity contribution in [2.24, 2.45) is 0 Å². The van der Waals surface area contributed by atoms with Crippen LogP contribution in [0.4, 0.5) is 5.69 Å². The Balaban J connectivity index is 1.98. The Kier molecular flexibility index (Phi) is 6.09. The molecular formula is C19H22N2O3. The van der Waals surface area contributed by atoms with Crippen LogP contribution in [0.5, 0.6) is 0 Å². The first kappa shape index (κ1) is 17.7. The van der Waals surface area contributed by atoms with Crippen LogP contribution in [0.1, 0.15) is 30.5 Å². The number of aryl methyl sites for hydroxylation is 1. The van der Waals surface area contributed by atoms with E-state index < -0.39 is 12.0 Å². The number of carbonyl (C=O) groups is 2. The molecule has 0 unspecified atom stereocenters. The molecule has 0 aliphatic heterocycles. The summed E-state index contributed by atoms with van der Waals surface area (Å²) in [6, 6.07) is 15.8. The molecule has 2 aromatic rings. The third-order valence-corrected chi connectivity index (χ3v) is 3.74. The zero-order chi connectivity index (χ0) is 17.5. The van der Waals surface area contributed by atoms with E-state index >= 15 is 0 Å². The van der Waals surface area contributed by atoms with Crippen molar-refractivity contribution in [2.45, 2.75) is 32.4 Å². The lowest BCUT2D eigenvalue weighted by molar-refractivity contribution is -0.141. The molecule has 0 spiro atoms. The molecule has 0 saturated carbocycles. The Morgan fingerprint density at radius 3 is 2.42 bits per heavy atom. The van der Waals surface area contributed by atoms with E-state index in [9.17, 15) is 14.7 Å². The smallest absolute Gasteiger partial charge is 0.321 e. The fraction of sp³-hybridized carbons (Fsp3) is 0.263. The summed E-state index contributed by atoms with van der Waals surface area (Å²) < 4.78 is 0. The van der Waals surface area contributed by atoms with Crippen molar-refractivity contribution in [1.82, 2.24) is 5.32 Å². The molecular weight excluding hydrogens is 304 g/mol. The van der Waals surface area contributed by atoms with Gasteiger partial charge in [0.2, 0.25) is 5.91 Å². The number of carbonyl (C=O) groups excluding carboxylic acids is 1. The van der Waals surface area contributed by atoms with Crippen LogP contribution in [0, 0.1) is 6.92 Å². The molecule has 0 aliphatic carbocycles. The number of aliphatic carboxylic acids is 1. The summed E-state index contributed by atoms with van der Waals surface area (Å²) >= 11 is 0. The van der Waals surface area contributed by atoms with Gasteiger partial charge in [-0.3, -0.25) is 14.9 Å². The average Bonchev–Trinajstić information content (AvgIpc) is 2.54. The SMILES string of the molecule is Cc1cccc(NC(=O)C[C@H](N[C@@H](C)c2ccccc2)C(=O)O)c1. The summed E-state index contributed by atoms with van der Waals surface area (Å²) in [6.07, 6.45) is -0.138. The quantitative estimate of drug-likeness (QED) is 0.730. The molecule has 0 aliphatic rings. The van der Waals surface area contributed by atoms with Crippen LogP contribution in [-0.4, -0.2) is 23.0 Å². The van der Waals surface area contributed by atoms with Gasteiger partial charge < -0.3 is 10.4 Å². The zero-order valence-electron chi connectivity index (χ0n) is 13.8. The van der Waals surface area contributed by atoms with Crippen LogP contribution < -0.4 is 10.6 Å². The minimum Gasteiger partial charge on any atom is -0.480 e. The van der Waals surface area contributed by atoms with Gasteiger partial charge in [-0.25, -0.2) is 0 Å². The highest BCUT2D eigenvalue weighted by atomic mass is 16.4. The number of benzene rings is 2. The van der Waals surface area contributed by atoms with E-state index in [0.717, 1.165) is 11.1 Å². The summed E-state index contributed by atoms with van der Waals surface area (Å²) in [5.41, 5.74) is 2.67. The second-order valence-electron chi connectivity index (χ2n) is 5.81. The number of hydrogen-bond acceptors (Lipinski definition) is 3. The molecule has 5 heteroatoms. The molecule has 126 valence electrons. The fourth-order valence-corrected chi connectivity index (χ4v) is 2.48. The van der Waals surface area contributed by atoms with Gasteiger partial charge in [0, 0.05) is 11.7 Å². The van der Waals surface area contributed by atoms with Gasteiger partial charge >= 0.3 is 5.97 Å². The highest BCUT2D eigenvalue weighted by Gasteiger charge is 2.23. The predicted molar refractivity (Wildman–Crippen MR) is 93.8 cm³/mol. The average molecular weight is 326 g/mol. The standard InChI is InChI=1S/C19H22N2O3/c1-13-7-6-10-16(11-13)21-18(22)12-17(19(23)24)20-14(2)15-8-4-3-5-9-15/h3-11,14,17,20H,12H2,1-2H3,(H,21,22)(H,23,24)/t14-,17-/m0/s1. The van der Waals surface area contributed by atoms with Gasteiger partial charge in [0.25, 0.3) is 0 Å². The van der Waals surface area contributed by atoms with Crippen LogP contribution in [-0.2, 0) is 9.59 Å². The van der Waals surface area contributed by atoms with E-state index in [2.05, 4.69) is 10.6 Å². The Bertz CT molecular complexity index is 701. The number of carboxylic acid groups (broad SMARTS) is 1. The molecule has 0 heterocycles. The molecule has 0 bridgehead atoms. The summed E-state index contributed by atoms with van der Waals surface area (Å²) in [5, 5.41) is 15.1. The third-order valence-electron chi connectivity index (χ3n) is 3.74. The molecule has 2 atom stereocenters. The minimum atomic E-state index is -1.04. The van der Waals surface area contributed by atoms with Gasteiger partial charge in [-0.2, -0.15) is 0 Å². The lowest BCUT2D eigenvalue weighted by atomic mass is 10.1. The first-order chi connectivity index (χ1) is 11.5. The van der Waals surface area contributed by atoms with E-state index in [4.69, 9.17) is 0 Å². The molecule has 0 saturated heterocycles. The van der Waals surface area contributed by atoms with Crippen LogP contribution in [0.15, 0.2) is 54.6 Å². The van der Waals surface area contributed by atoms with E-state index in [0.29, 0.717) is 5.69 Å². The fourth-order valence-electron chi connectivity index (χ4n) is 2.48. The lowest BCUT2D eigenvalue weighted by Crippen LogP contribution is -2.41. The Hall–Kier alpha value is -2.66. The maximum absolute atomic E-state index is 12.1. The van der Waals surface area contributed by atoms with Gasteiger partial charge in [0.1, 0.15) is 6.04 Å². The van der Waals surface area contributed by atoms with Crippen LogP contribution in [0.3, 0.4) is 0 Å². The van der Waals surface area contributed by atoms with Crippen LogP contribution in [0.2, 0.25) is 0 Å². The molecule has 0 radical (unpaired) electrons. The van der Waals surface area contributed by atoms with E-state index in [1.807, 2.05) is 62.4 Å². The maximum Gasteiger partial charge on any atom is 0.321 e. The number of carboxylic acids is 1. The molecule has 2 rings (SSSR count). The van der Waals surface area contributed by atoms with Crippen molar-refractivity contribution in [3.05, 3.63) is 65.7 Å². The highest BCUT2D eigenvalue weighted by Crippen LogP contribution is 2.14. The first-order valence-corrected chi connectivity index (χ1v) is 7.86. The summed E-state index contributed by atoms with van der Waals surface area (Å²) in [4.78, 5) is 23.6. The molecule has 0 fully saturated rings.